The highest BCUT2D eigenvalue weighted by Crippen LogP contribution is 2.29. The molecule has 0 bridgehead atoms. The Morgan fingerprint density at radius 1 is 1.25 bits per heavy atom. The van der Waals surface area contributed by atoms with Gasteiger partial charge in [0.1, 0.15) is 0 Å². The second kappa shape index (κ2) is 6.11. The first kappa shape index (κ1) is 13.9. The van der Waals surface area contributed by atoms with E-state index in [1.807, 2.05) is 30.5 Å². The Hall–Kier alpha value is -1.11. The molecule has 102 valence electrons. The molecular weight excluding hydrogens is 402 g/mol. The number of thiophene rings is 1. The summed E-state index contributed by atoms with van der Waals surface area (Å²) in [6.07, 6.45) is 1.87. The number of aromatic amines is 1. The van der Waals surface area contributed by atoms with Crippen molar-refractivity contribution in [1.82, 2.24) is 10.2 Å². The van der Waals surface area contributed by atoms with Crippen LogP contribution < -0.4 is 5.32 Å². The zero-order valence-corrected chi connectivity index (χ0v) is 14.3. The van der Waals surface area contributed by atoms with Gasteiger partial charge in [-0.1, -0.05) is 22.0 Å². The lowest BCUT2D eigenvalue weighted by Gasteiger charge is -2.08. The quantitative estimate of drug-likeness (QED) is 0.612. The monoisotopic (exact) mass is 411 g/mol. The van der Waals surface area contributed by atoms with Crippen molar-refractivity contribution in [2.45, 2.75) is 6.54 Å². The third-order valence-corrected chi connectivity index (χ3v) is 4.92. The maximum atomic E-state index is 4.15. The number of hydrogen-bond acceptors (Lipinski definition) is 3. The molecule has 1 aromatic carbocycles. The molecule has 0 amide bonds. The van der Waals surface area contributed by atoms with Gasteiger partial charge in [0.05, 0.1) is 16.8 Å². The van der Waals surface area contributed by atoms with Crippen LogP contribution in [-0.2, 0) is 6.54 Å². The molecule has 3 rings (SSSR count). The highest BCUT2D eigenvalue weighted by atomic mass is 79.9. The van der Waals surface area contributed by atoms with Crippen LogP contribution >= 0.6 is 43.2 Å². The molecule has 2 heterocycles. The number of aromatic nitrogens is 2. The fourth-order valence-electron chi connectivity index (χ4n) is 1.90. The van der Waals surface area contributed by atoms with Gasteiger partial charge in [0.25, 0.3) is 0 Å². The molecule has 0 aliphatic carbocycles. The van der Waals surface area contributed by atoms with Gasteiger partial charge >= 0.3 is 0 Å². The Bertz CT molecular complexity index is 707. The van der Waals surface area contributed by atoms with Gasteiger partial charge in [-0.15, -0.1) is 11.3 Å². The first-order valence-electron chi connectivity index (χ1n) is 5.99. The van der Waals surface area contributed by atoms with Gasteiger partial charge in [0, 0.05) is 26.7 Å². The molecule has 0 aliphatic rings. The zero-order chi connectivity index (χ0) is 13.9. The summed E-state index contributed by atoms with van der Waals surface area (Å²) < 4.78 is 2.09. The smallest absolute Gasteiger partial charge is 0.0799 e. The third-order valence-electron chi connectivity index (χ3n) is 2.89. The van der Waals surface area contributed by atoms with Crippen LogP contribution in [0.5, 0.6) is 0 Å². The van der Waals surface area contributed by atoms with E-state index < -0.39 is 0 Å². The van der Waals surface area contributed by atoms with Crippen LogP contribution in [0.25, 0.3) is 10.6 Å². The van der Waals surface area contributed by atoms with Gasteiger partial charge in [-0.2, -0.15) is 5.10 Å². The minimum absolute atomic E-state index is 0.726. The van der Waals surface area contributed by atoms with Gasteiger partial charge in [-0.3, -0.25) is 5.10 Å². The predicted octanol–water partition coefficient (Wildman–Crippen LogP) is 5.28. The lowest BCUT2D eigenvalue weighted by atomic mass is 10.2. The highest BCUT2D eigenvalue weighted by Gasteiger charge is 2.09. The molecule has 0 radical (unpaired) electrons. The van der Waals surface area contributed by atoms with Crippen LogP contribution in [0, 0.1) is 0 Å². The maximum Gasteiger partial charge on any atom is 0.0799 e. The molecule has 0 saturated carbocycles. The first-order valence-corrected chi connectivity index (χ1v) is 8.45. The van der Waals surface area contributed by atoms with Crippen molar-refractivity contribution in [3.63, 3.8) is 0 Å². The second-order valence-corrected chi connectivity index (χ2v) is 6.94. The van der Waals surface area contributed by atoms with Crippen molar-refractivity contribution < 1.29 is 0 Å². The van der Waals surface area contributed by atoms with E-state index in [9.17, 15) is 0 Å². The lowest BCUT2D eigenvalue weighted by Crippen LogP contribution is -2.00. The van der Waals surface area contributed by atoms with Crippen LogP contribution in [0.15, 0.2) is 50.9 Å². The standard InChI is InChI=1S/C14H11Br2N3S/c15-10-3-4-12(11(16)6-10)17-7-9-8-18-19-14(9)13-2-1-5-20-13/h1-6,8,17H,7H2,(H,18,19). The SMILES string of the molecule is Brc1ccc(NCc2cn[nH]c2-c2cccs2)c(Br)c1. The fourth-order valence-corrected chi connectivity index (χ4v) is 3.85. The minimum atomic E-state index is 0.726. The number of nitrogens with zero attached hydrogens (tertiary/aromatic N) is 1. The van der Waals surface area contributed by atoms with Crippen molar-refractivity contribution in [3.8, 4) is 10.6 Å². The fraction of sp³-hybridized carbons (Fsp3) is 0.0714. The van der Waals surface area contributed by atoms with Crippen molar-refractivity contribution in [2.24, 2.45) is 0 Å². The van der Waals surface area contributed by atoms with E-state index in [1.165, 1.54) is 4.88 Å². The Kier molecular flexibility index (Phi) is 4.24. The summed E-state index contributed by atoms with van der Waals surface area (Å²) in [5.74, 6) is 0. The molecule has 6 heteroatoms. The van der Waals surface area contributed by atoms with Crippen molar-refractivity contribution in [2.75, 3.05) is 5.32 Å². The summed E-state index contributed by atoms with van der Waals surface area (Å²) in [4.78, 5) is 1.20. The number of rotatable bonds is 4. The van der Waals surface area contributed by atoms with E-state index in [-0.39, 0.29) is 0 Å². The Labute approximate surface area is 137 Å². The molecule has 0 unspecified atom stereocenters. The van der Waals surface area contributed by atoms with Crippen LogP contribution in [0.4, 0.5) is 5.69 Å². The van der Waals surface area contributed by atoms with E-state index in [4.69, 9.17) is 0 Å². The molecule has 3 nitrogen and oxygen atoms in total. The Balaban J connectivity index is 1.78. The molecule has 20 heavy (non-hydrogen) atoms. The summed E-state index contributed by atoms with van der Waals surface area (Å²) in [6, 6.07) is 10.2. The molecule has 0 saturated heterocycles. The molecular formula is C14H11Br2N3S. The molecule has 0 spiro atoms. The van der Waals surface area contributed by atoms with Gasteiger partial charge in [0.15, 0.2) is 0 Å². The van der Waals surface area contributed by atoms with E-state index in [1.54, 1.807) is 11.3 Å². The average molecular weight is 413 g/mol. The normalized spacial score (nSPS) is 10.7. The van der Waals surface area contributed by atoms with Crippen molar-refractivity contribution >= 4 is 48.9 Å². The molecule has 0 aliphatic heterocycles. The van der Waals surface area contributed by atoms with Gasteiger partial charge < -0.3 is 5.32 Å². The van der Waals surface area contributed by atoms with E-state index in [0.717, 1.165) is 32.4 Å². The summed E-state index contributed by atoms with van der Waals surface area (Å²) in [6.45, 7) is 0.726. The maximum absolute atomic E-state index is 4.15. The van der Waals surface area contributed by atoms with Gasteiger partial charge in [-0.25, -0.2) is 0 Å². The van der Waals surface area contributed by atoms with Crippen LogP contribution in [0.1, 0.15) is 5.56 Å². The summed E-state index contributed by atoms with van der Waals surface area (Å²) in [5, 5.41) is 12.7. The number of H-pyrrole nitrogens is 1. The number of benzene rings is 1. The summed E-state index contributed by atoms with van der Waals surface area (Å²) in [5.41, 5.74) is 3.30. The van der Waals surface area contributed by atoms with E-state index in [2.05, 4.69) is 58.8 Å². The third kappa shape index (κ3) is 2.97. The largest absolute Gasteiger partial charge is 0.380 e. The number of hydrogen-bond donors (Lipinski definition) is 2. The van der Waals surface area contributed by atoms with Crippen LogP contribution in [-0.4, -0.2) is 10.2 Å². The highest BCUT2D eigenvalue weighted by molar-refractivity contribution is 9.11. The minimum Gasteiger partial charge on any atom is -0.380 e. The van der Waals surface area contributed by atoms with Gasteiger partial charge in [-0.05, 0) is 45.6 Å². The molecule has 0 fully saturated rings. The summed E-state index contributed by atoms with van der Waals surface area (Å²) >= 11 is 8.71. The molecule has 2 aromatic heterocycles. The molecule has 3 aromatic rings. The van der Waals surface area contributed by atoms with E-state index in [0.29, 0.717) is 0 Å². The topological polar surface area (TPSA) is 40.7 Å². The molecule has 2 N–H and O–H groups in total. The number of nitrogens with one attached hydrogen (secondary N) is 2. The Morgan fingerprint density at radius 2 is 2.15 bits per heavy atom. The Morgan fingerprint density at radius 3 is 2.90 bits per heavy atom. The van der Waals surface area contributed by atoms with Crippen LogP contribution in [0.2, 0.25) is 0 Å². The number of anilines is 1. The van der Waals surface area contributed by atoms with E-state index >= 15 is 0 Å². The number of halogens is 2. The predicted molar refractivity (Wildman–Crippen MR) is 91.1 cm³/mol. The van der Waals surface area contributed by atoms with Crippen molar-refractivity contribution in [3.05, 3.63) is 56.4 Å². The molecule has 0 atom stereocenters. The second-order valence-electron chi connectivity index (χ2n) is 4.23. The first-order chi connectivity index (χ1) is 9.74. The van der Waals surface area contributed by atoms with Crippen LogP contribution in [0.3, 0.4) is 0 Å². The van der Waals surface area contributed by atoms with Gasteiger partial charge in [0.2, 0.25) is 0 Å². The summed E-state index contributed by atoms with van der Waals surface area (Å²) in [7, 11) is 0. The van der Waals surface area contributed by atoms with Crippen molar-refractivity contribution in [1.29, 1.82) is 0 Å². The zero-order valence-electron chi connectivity index (χ0n) is 10.4. The lowest BCUT2D eigenvalue weighted by molar-refractivity contribution is 1.10. The average Bonchev–Trinajstić information content (AvgIpc) is 3.08.